The van der Waals surface area contributed by atoms with E-state index in [-0.39, 0.29) is 0 Å². The van der Waals surface area contributed by atoms with Gasteiger partial charge >= 0.3 is 0 Å². The summed E-state index contributed by atoms with van der Waals surface area (Å²) >= 11 is 1.83. The Kier molecular flexibility index (Phi) is 5.33. The van der Waals surface area contributed by atoms with Gasteiger partial charge in [-0.2, -0.15) is 11.8 Å². The lowest BCUT2D eigenvalue weighted by molar-refractivity contribution is 0.221. The zero-order chi connectivity index (χ0) is 11.9. The zero-order valence-corrected chi connectivity index (χ0v) is 11.2. The number of piperidine rings is 1. The van der Waals surface area contributed by atoms with Gasteiger partial charge in [-0.3, -0.25) is 9.88 Å². The molecule has 1 radical (unpaired) electrons. The van der Waals surface area contributed by atoms with E-state index in [1.54, 1.807) is 0 Å². The Hall–Kier alpha value is -0.540. The summed E-state index contributed by atoms with van der Waals surface area (Å²) in [4.78, 5) is 6.96. The molecular formula is C14H21N2S. The molecule has 17 heavy (non-hydrogen) atoms. The number of rotatable bonds is 5. The summed E-state index contributed by atoms with van der Waals surface area (Å²) in [6.45, 7) is 7.44. The number of hydrogen-bond acceptors (Lipinski definition) is 3. The summed E-state index contributed by atoms with van der Waals surface area (Å²) in [6, 6.07) is 4.39. The van der Waals surface area contributed by atoms with Gasteiger partial charge in [-0.05, 0) is 56.3 Å². The Morgan fingerprint density at radius 1 is 1.29 bits per heavy atom. The van der Waals surface area contributed by atoms with Crippen LogP contribution in [0, 0.1) is 6.92 Å². The van der Waals surface area contributed by atoms with E-state index in [9.17, 15) is 0 Å². The van der Waals surface area contributed by atoms with E-state index in [0.717, 1.165) is 18.1 Å². The molecule has 1 aromatic rings. The van der Waals surface area contributed by atoms with Crippen LogP contribution in [0.2, 0.25) is 0 Å². The molecule has 0 aromatic carbocycles. The third-order valence-electron chi connectivity index (χ3n) is 3.13. The molecule has 1 aliphatic heterocycles. The zero-order valence-electron chi connectivity index (χ0n) is 10.4. The average Bonchev–Trinajstić information content (AvgIpc) is 2.38. The van der Waals surface area contributed by atoms with Crippen molar-refractivity contribution in [2.45, 2.75) is 31.6 Å². The maximum Gasteiger partial charge on any atom is 0.0505 e. The first kappa shape index (κ1) is 12.9. The van der Waals surface area contributed by atoms with E-state index in [1.807, 2.05) is 18.0 Å². The Morgan fingerprint density at radius 2 is 2.12 bits per heavy atom. The second-order valence-corrected chi connectivity index (χ2v) is 5.65. The third-order valence-corrected chi connectivity index (χ3v) is 3.92. The minimum absolute atomic E-state index is 0.915. The number of likely N-dealkylation sites (tertiary alicyclic amines) is 1. The molecule has 0 saturated carbocycles. The SMILES string of the molecule is [CH2]CSCc1cc(CN2CCCCC2)ccn1. The highest BCUT2D eigenvalue weighted by atomic mass is 32.2. The molecule has 2 nitrogen and oxygen atoms in total. The predicted molar refractivity (Wildman–Crippen MR) is 74.9 cm³/mol. The van der Waals surface area contributed by atoms with E-state index in [1.165, 1.54) is 43.6 Å². The molecule has 1 aliphatic rings. The Bertz CT molecular complexity index is 335. The average molecular weight is 249 g/mol. The van der Waals surface area contributed by atoms with Gasteiger partial charge in [0.15, 0.2) is 0 Å². The Labute approximate surface area is 109 Å². The highest BCUT2D eigenvalue weighted by Crippen LogP contribution is 2.15. The van der Waals surface area contributed by atoms with Crippen LogP contribution < -0.4 is 0 Å². The van der Waals surface area contributed by atoms with E-state index in [2.05, 4.69) is 28.9 Å². The van der Waals surface area contributed by atoms with Crippen molar-refractivity contribution in [1.82, 2.24) is 9.88 Å². The molecule has 0 unspecified atom stereocenters. The molecule has 3 heteroatoms. The number of hydrogen-bond donors (Lipinski definition) is 0. The largest absolute Gasteiger partial charge is 0.299 e. The van der Waals surface area contributed by atoms with E-state index in [0.29, 0.717) is 0 Å². The monoisotopic (exact) mass is 249 g/mol. The highest BCUT2D eigenvalue weighted by molar-refractivity contribution is 7.98. The molecule has 0 spiro atoms. The molecule has 0 atom stereocenters. The molecule has 2 heterocycles. The molecule has 2 rings (SSSR count). The van der Waals surface area contributed by atoms with Crippen LogP contribution in [-0.2, 0) is 12.3 Å². The minimum atomic E-state index is 0.915. The predicted octanol–water partition coefficient (Wildman–Crippen LogP) is 3.13. The topological polar surface area (TPSA) is 16.1 Å². The van der Waals surface area contributed by atoms with Crippen molar-refractivity contribution in [3.05, 3.63) is 36.5 Å². The summed E-state index contributed by atoms with van der Waals surface area (Å²) in [5, 5.41) is 0. The maximum atomic E-state index is 4.40. The van der Waals surface area contributed by atoms with Gasteiger partial charge in [0, 0.05) is 18.5 Å². The fourth-order valence-electron chi connectivity index (χ4n) is 2.26. The Morgan fingerprint density at radius 3 is 2.88 bits per heavy atom. The van der Waals surface area contributed by atoms with Crippen LogP contribution in [0.5, 0.6) is 0 Å². The molecule has 0 aliphatic carbocycles. The van der Waals surface area contributed by atoms with Gasteiger partial charge < -0.3 is 0 Å². The van der Waals surface area contributed by atoms with Crippen molar-refractivity contribution in [2.24, 2.45) is 0 Å². The summed E-state index contributed by atoms with van der Waals surface area (Å²) in [5.74, 6) is 1.90. The molecule has 1 saturated heterocycles. The number of nitrogens with zero attached hydrogens (tertiary/aromatic N) is 2. The summed E-state index contributed by atoms with van der Waals surface area (Å²) in [7, 11) is 0. The quantitative estimate of drug-likeness (QED) is 0.797. The van der Waals surface area contributed by atoms with Crippen LogP contribution in [0.1, 0.15) is 30.5 Å². The van der Waals surface area contributed by atoms with Crippen molar-refractivity contribution in [2.75, 3.05) is 18.8 Å². The number of pyridine rings is 1. The lowest BCUT2D eigenvalue weighted by Gasteiger charge is -2.26. The molecule has 0 amide bonds. The first-order valence-electron chi connectivity index (χ1n) is 6.41. The molecule has 0 N–H and O–H groups in total. The molecular weight excluding hydrogens is 228 g/mol. The van der Waals surface area contributed by atoms with Crippen LogP contribution in [0.4, 0.5) is 0 Å². The lowest BCUT2D eigenvalue weighted by Crippen LogP contribution is -2.29. The van der Waals surface area contributed by atoms with Crippen molar-refractivity contribution in [1.29, 1.82) is 0 Å². The van der Waals surface area contributed by atoms with E-state index < -0.39 is 0 Å². The first-order chi connectivity index (χ1) is 8.38. The van der Waals surface area contributed by atoms with Crippen molar-refractivity contribution >= 4 is 11.8 Å². The Balaban J connectivity index is 1.90. The van der Waals surface area contributed by atoms with E-state index >= 15 is 0 Å². The second-order valence-electron chi connectivity index (χ2n) is 4.54. The fourth-order valence-corrected chi connectivity index (χ4v) is 2.77. The summed E-state index contributed by atoms with van der Waals surface area (Å²) in [5.41, 5.74) is 2.59. The molecule has 93 valence electrons. The van der Waals surface area contributed by atoms with Crippen LogP contribution in [0.15, 0.2) is 18.3 Å². The van der Waals surface area contributed by atoms with Crippen molar-refractivity contribution in [3.8, 4) is 0 Å². The summed E-state index contributed by atoms with van der Waals surface area (Å²) < 4.78 is 0. The van der Waals surface area contributed by atoms with Gasteiger partial charge in [0.1, 0.15) is 0 Å². The molecule has 1 aromatic heterocycles. The van der Waals surface area contributed by atoms with Gasteiger partial charge in [-0.1, -0.05) is 6.42 Å². The van der Waals surface area contributed by atoms with Gasteiger partial charge in [0.2, 0.25) is 0 Å². The second kappa shape index (κ2) is 7.02. The minimum Gasteiger partial charge on any atom is -0.299 e. The van der Waals surface area contributed by atoms with Gasteiger partial charge in [0.05, 0.1) is 5.69 Å². The van der Waals surface area contributed by atoms with Gasteiger partial charge in [-0.25, -0.2) is 0 Å². The van der Waals surface area contributed by atoms with E-state index in [4.69, 9.17) is 0 Å². The van der Waals surface area contributed by atoms with Crippen LogP contribution in [0.3, 0.4) is 0 Å². The summed E-state index contributed by atoms with van der Waals surface area (Å²) in [6.07, 6.45) is 6.06. The number of aromatic nitrogens is 1. The highest BCUT2D eigenvalue weighted by Gasteiger charge is 2.10. The lowest BCUT2D eigenvalue weighted by atomic mass is 10.1. The van der Waals surface area contributed by atoms with Gasteiger partial charge in [-0.15, -0.1) is 0 Å². The van der Waals surface area contributed by atoms with Crippen molar-refractivity contribution < 1.29 is 0 Å². The molecule has 0 bridgehead atoms. The van der Waals surface area contributed by atoms with Crippen LogP contribution in [0.25, 0.3) is 0 Å². The first-order valence-corrected chi connectivity index (χ1v) is 7.57. The third kappa shape index (κ3) is 4.32. The normalized spacial score (nSPS) is 17.2. The smallest absolute Gasteiger partial charge is 0.0505 e. The fraction of sp³-hybridized carbons (Fsp3) is 0.571. The maximum absolute atomic E-state index is 4.40. The van der Waals surface area contributed by atoms with Crippen LogP contribution in [-0.4, -0.2) is 28.7 Å². The van der Waals surface area contributed by atoms with Crippen molar-refractivity contribution in [3.63, 3.8) is 0 Å². The van der Waals surface area contributed by atoms with Crippen LogP contribution >= 0.6 is 11.8 Å². The molecule has 1 fully saturated rings. The number of thioether (sulfide) groups is 1. The standard InChI is InChI=1S/C14H21N2S/c1-2-17-12-14-10-13(6-7-15-14)11-16-8-4-3-5-9-16/h6-7,10H,1-5,8-9,11-12H2. The van der Waals surface area contributed by atoms with Gasteiger partial charge in [0.25, 0.3) is 0 Å².